The van der Waals surface area contributed by atoms with Gasteiger partial charge in [0.25, 0.3) is 0 Å². The van der Waals surface area contributed by atoms with Gasteiger partial charge < -0.3 is 5.32 Å². The number of amides is 1. The van der Waals surface area contributed by atoms with Gasteiger partial charge in [-0.3, -0.25) is 4.79 Å². The Morgan fingerprint density at radius 2 is 2.22 bits per heavy atom. The summed E-state index contributed by atoms with van der Waals surface area (Å²) in [6.45, 7) is 8.02. The number of carbonyl (C=O) groups excluding carboxylic acids is 1. The van der Waals surface area contributed by atoms with Crippen LogP contribution in [-0.2, 0) is 4.79 Å². The average Bonchev–Trinajstić information content (AvgIpc) is 2.31. The Morgan fingerprint density at radius 3 is 2.72 bits per heavy atom. The van der Waals surface area contributed by atoms with E-state index in [9.17, 15) is 4.79 Å². The number of halogens is 1. The molecule has 0 aliphatic heterocycles. The molecule has 0 saturated carbocycles. The number of nitrogens with one attached hydrogen (secondary N) is 1. The van der Waals surface area contributed by atoms with Gasteiger partial charge in [0.05, 0.1) is 10.3 Å². The van der Waals surface area contributed by atoms with Gasteiger partial charge in [0.1, 0.15) is 0 Å². The predicted molar refractivity (Wildman–Crippen MR) is 79.8 cm³/mol. The van der Waals surface area contributed by atoms with E-state index in [0.717, 1.165) is 15.9 Å². The summed E-state index contributed by atoms with van der Waals surface area (Å²) in [5.41, 5.74) is -0.154. The maximum atomic E-state index is 12.0. The van der Waals surface area contributed by atoms with Crippen LogP contribution in [0, 0.1) is 0 Å². The fourth-order valence-electron chi connectivity index (χ4n) is 1.19. The van der Waals surface area contributed by atoms with Crippen LogP contribution < -0.4 is 5.32 Å². The number of pyridine rings is 1. The molecular formula is C13H19BrN2OS. The van der Waals surface area contributed by atoms with Gasteiger partial charge >= 0.3 is 0 Å². The first-order chi connectivity index (χ1) is 8.34. The lowest BCUT2D eigenvalue weighted by Gasteiger charge is -2.26. The number of carbonyl (C=O) groups is 1. The van der Waals surface area contributed by atoms with Crippen LogP contribution in [0.25, 0.3) is 0 Å². The second-order valence-corrected chi connectivity index (χ2v) is 7.08. The van der Waals surface area contributed by atoms with Crippen molar-refractivity contribution in [3.8, 4) is 0 Å². The fourth-order valence-corrected chi connectivity index (χ4v) is 2.21. The predicted octanol–water partition coefficient (Wildman–Crippen LogP) is 3.63. The molecule has 3 nitrogen and oxygen atoms in total. The topological polar surface area (TPSA) is 42.0 Å². The van der Waals surface area contributed by atoms with Crippen molar-refractivity contribution in [3.05, 3.63) is 22.8 Å². The number of rotatable bonds is 5. The summed E-state index contributed by atoms with van der Waals surface area (Å²) in [7, 11) is 0. The Bertz CT molecular complexity index is 406. The van der Waals surface area contributed by atoms with Crippen molar-refractivity contribution in [2.24, 2.45) is 0 Å². The molecule has 0 fully saturated rings. The zero-order valence-electron chi connectivity index (χ0n) is 11.2. The molecule has 100 valence electrons. The van der Waals surface area contributed by atoms with Crippen LogP contribution in [0.3, 0.4) is 0 Å². The first-order valence-electron chi connectivity index (χ1n) is 5.94. The van der Waals surface area contributed by atoms with Crippen molar-refractivity contribution in [3.63, 3.8) is 0 Å². The van der Waals surface area contributed by atoms with E-state index in [1.54, 1.807) is 6.20 Å². The molecule has 0 spiro atoms. The highest BCUT2D eigenvalue weighted by molar-refractivity contribution is 9.10. The summed E-state index contributed by atoms with van der Waals surface area (Å²) >= 11 is 4.81. The number of thioether (sulfide) groups is 1. The molecule has 0 aromatic carbocycles. The minimum absolute atomic E-state index is 0.0524. The van der Waals surface area contributed by atoms with Crippen molar-refractivity contribution in [1.29, 1.82) is 0 Å². The van der Waals surface area contributed by atoms with Gasteiger partial charge in [-0.1, -0.05) is 18.7 Å². The minimum Gasteiger partial charge on any atom is -0.350 e. The van der Waals surface area contributed by atoms with Crippen LogP contribution >= 0.6 is 27.7 Å². The quantitative estimate of drug-likeness (QED) is 0.838. The van der Waals surface area contributed by atoms with Gasteiger partial charge in [-0.05, 0) is 55.3 Å². The number of hydrogen-bond donors (Lipinski definition) is 1. The largest absolute Gasteiger partial charge is 0.350 e. The van der Waals surface area contributed by atoms with Gasteiger partial charge in [-0.2, -0.15) is 0 Å². The lowest BCUT2D eigenvalue weighted by Crippen LogP contribution is -2.46. The first kappa shape index (κ1) is 15.5. The second-order valence-electron chi connectivity index (χ2n) is 4.80. The molecule has 0 saturated heterocycles. The molecular weight excluding hydrogens is 312 g/mol. The first-order valence-corrected chi connectivity index (χ1v) is 7.61. The van der Waals surface area contributed by atoms with E-state index >= 15 is 0 Å². The third-order valence-corrected chi connectivity index (χ3v) is 4.23. The van der Waals surface area contributed by atoms with E-state index in [1.165, 1.54) is 11.8 Å². The maximum Gasteiger partial charge on any atom is 0.233 e. The Kier molecular flexibility index (Phi) is 5.66. The third kappa shape index (κ3) is 4.98. The summed E-state index contributed by atoms with van der Waals surface area (Å²) in [4.78, 5) is 16.3. The Labute approximate surface area is 121 Å². The second kappa shape index (κ2) is 6.57. The van der Waals surface area contributed by atoms with Crippen LogP contribution in [-0.4, -0.2) is 21.7 Å². The van der Waals surface area contributed by atoms with Crippen molar-refractivity contribution in [1.82, 2.24) is 10.3 Å². The summed E-state index contributed by atoms with van der Waals surface area (Å²) in [6, 6.07) is 3.83. The Balaban J connectivity index is 2.57. The molecule has 1 N–H and O–H groups in total. The van der Waals surface area contributed by atoms with Crippen molar-refractivity contribution >= 4 is 33.6 Å². The number of hydrogen-bond acceptors (Lipinski definition) is 3. The summed E-state index contributed by atoms with van der Waals surface area (Å²) in [6.07, 6.45) is 2.65. The Hall–Kier alpha value is -0.550. The highest BCUT2D eigenvalue weighted by Gasteiger charge is 2.22. The molecule has 0 radical (unpaired) electrons. The summed E-state index contributed by atoms with van der Waals surface area (Å²) in [5.74, 6) is 0.0524. The molecule has 0 bridgehead atoms. The lowest BCUT2D eigenvalue weighted by molar-refractivity contribution is -0.121. The molecule has 1 aromatic rings. The fraction of sp³-hybridized carbons (Fsp3) is 0.538. The zero-order valence-corrected chi connectivity index (χ0v) is 13.6. The van der Waals surface area contributed by atoms with Crippen LogP contribution in [0.1, 0.15) is 34.1 Å². The zero-order chi connectivity index (χ0) is 13.8. The molecule has 5 heteroatoms. The van der Waals surface area contributed by atoms with Gasteiger partial charge in [0.15, 0.2) is 0 Å². The minimum atomic E-state index is -0.154. The molecule has 1 rings (SSSR count). The van der Waals surface area contributed by atoms with Crippen LogP contribution in [0.15, 0.2) is 27.8 Å². The smallest absolute Gasteiger partial charge is 0.233 e. The maximum absolute atomic E-state index is 12.0. The number of nitrogens with zero attached hydrogens (tertiary/aromatic N) is 1. The van der Waals surface area contributed by atoms with E-state index in [1.807, 2.05) is 32.9 Å². The van der Waals surface area contributed by atoms with Gasteiger partial charge in [0, 0.05) is 16.2 Å². The standard InChI is InChI=1S/C13H19BrN2OS/c1-5-13(3,4)16-12(17)9(2)18-11-7-6-10(14)8-15-11/h6-9H,5H2,1-4H3,(H,16,17). The molecule has 1 amide bonds. The van der Waals surface area contributed by atoms with E-state index < -0.39 is 0 Å². The highest BCUT2D eigenvalue weighted by Crippen LogP contribution is 2.23. The van der Waals surface area contributed by atoms with E-state index in [4.69, 9.17) is 0 Å². The lowest BCUT2D eigenvalue weighted by atomic mass is 10.0. The van der Waals surface area contributed by atoms with E-state index in [0.29, 0.717) is 0 Å². The van der Waals surface area contributed by atoms with Crippen molar-refractivity contribution in [2.45, 2.75) is 49.9 Å². The molecule has 1 atom stereocenters. The summed E-state index contributed by atoms with van der Waals surface area (Å²) < 4.78 is 0.941. The molecule has 1 heterocycles. The summed E-state index contributed by atoms with van der Waals surface area (Å²) in [5, 5.41) is 3.75. The number of aromatic nitrogens is 1. The van der Waals surface area contributed by atoms with Crippen molar-refractivity contribution in [2.75, 3.05) is 0 Å². The third-order valence-electron chi connectivity index (χ3n) is 2.71. The van der Waals surface area contributed by atoms with Gasteiger partial charge in [0.2, 0.25) is 5.91 Å². The molecule has 0 aliphatic carbocycles. The molecule has 1 aromatic heterocycles. The average molecular weight is 331 g/mol. The van der Waals surface area contributed by atoms with Gasteiger partial charge in [-0.15, -0.1) is 0 Å². The molecule has 18 heavy (non-hydrogen) atoms. The van der Waals surface area contributed by atoms with Crippen LogP contribution in [0.5, 0.6) is 0 Å². The van der Waals surface area contributed by atoms with E-state index in [-0.39, 0.29) is 16.7 Å². The van der Waals surface area contributed by atoms with E-state index in [2.05, 4.69) is 33.2 Å². The SMILES string of the molecule is CCC(C)(C)NC(=O)C(C)Sc1ccc(Br)cn1. The van der Waals surface area contributed by atoms with Crippen LogP contribution in [0.2, 0.25) is 0 Å². The monoisotopic (exact) mass is 330 g/mol. The highest BCUT2D eigenvalue weighted by atomic mass is 79.9. The Morgan fingerprint density at radius 1 is 1.56 bits per heavy atom. The van der Waals surface area contributed by atoms with Crippen molar-refractivity contribution < 1.29 is 4.79 Å². The molecule has 1 unspecified atom stereocenters. The van der Waals surface area contributed by atoms with Crippen LogP contribution in [0.4, 0.5) is 0 Å². The van der Waals surface area contributed by atoms with Gasteiger partial charge in [-0.25, -0.2) is 4.98 Å². The normalized spacial score (nSPS) is 13.2. The molecule has 0 aliphatic rings.